The van der Waals surface area contributed by atoms with E-state index in [0.29, 0.717) is 6.54 Å². The normalized spacial score (nSPS) is 31.2. The molecule has 0 aliphatic carbocycles. The lowest BCUT2D eigenvalue weighted by Crippen LogP contribution is -3.00. The monoisotopic (exact) mass is 230 g/mol. The van der Waals surface area contributed by atoms with Gasteiger partial charge in [-0.05, 0) is 0 Å². The van der Waals surface area contributed by atoms with Gasteiger partial charge in [0, 0.05) is 12.6 Å². The van der Waals surface area contributed by atoms with Crippen LogP contribution in [0.3, 0.4) is 0 Å². The highest BCUT2D eigenvalue weighted by molar-refractivity contribution is 7.91. The molecular weight excluding hydrogens is 218 g/mol. The molecule has 5 nitrogen and oxygen atoms in total. The van der Waals surface area contributed by atoms with Crippen LogP contribution in [0.1, 0.15) is 0 Å². The lowest BCUT2D eigenvalue weighted by Gasteiger charge is -2.12. The third-order valence-electron chi connectivity index (χ3n) is 1.84. The Morgan fingerprint density at radius 1 is 1.38 bits per heavy atom. The smallest absolute Gasteiger partial charge is 0.154 e. The van der Waals surface area contributed by atoms with Crippen LogP contribution < -0.4 is 17.7 Å². The summed E-state index contributed by atoms with van der Waals surface area (Å²) >= 11 is 0. The predicted molar refractivity (Wildman–Crippen MR) is 43.5 cm³/mol. The summed E-state index contributed by atoms with van der Waals surface area (Å²) in [7, 11) is -3.07. The van der Waals surface area contributed by atoms with Crippen LogP contribution in [0.5, 0.6) is 0 Å². The van der Waals surface area contributed by atoms with Gasteiger partial charge in [-0.1, -0.05) is 0 Å². The Hall–Kier alpha value is 0.120. The van der Waals surface area contributed by atoms with Crippen molar-refractivity contribution in [3.05, 3.63) is 0 Å². The molecule has 1 heterocycles. The van der Waals surface area contributed by atoms with E-state index in [1.807, 2.05) is 0 Å². The molecule has 7 heteroatoms. The zero-order valence-electron chi connectivity index (χ0n) is 6.98. The van der Waals surface area contributed by atoms with Gasteiger partial charge in [0.05, 0.1) is 24.2 Å². The van der Waals surface area contributed by atoms with Crippen molar-refractivity contribution >= 4 is 9.84 Å². The SMILES string of the molecule is O=S1(=O)CC(O)C(NCCO)C1.[Cl-]. The average Bonchev–Trinajstić information content (AvgIpc) is 2.20. The first-order chi connectivity index (χ1) is 5.55. The number of nitrogens with one attached hydrogen (secondary N) is 1. The molecule has 1 saturated heterocycles. The van der Waals surface area contributed by atoms with E-state index in [-0.39, 0.29) is 30.5 Å². The van der Waals surface area contributed by atoms with Gasteiger partial charge in [0.1, 0.15) is 0 Å². The predicted octanol–water partition coefficient (Wildman–Crippen LogP) is -5.27. The molecular formula is C6H13ClNO4S-. The Labute approximate surface area is 83.5 Å². The van der Waals surface area contributed by atoms with Crippen molar-refractivity contribution in [2.45, 2.75) is 12.1 Å². The molecule has 0 radical (unpaired) electrons. The lowest BCUT2D eigenvalue weighted by atomic mass is 10.2. The van der Waals surface area contributed by atoms with Crippen molar-refractivity contribution in [2.75, 3.05) is 24.7 Å². The highest BCUT2D eigenvalue weighted by Crippen LogP contribution is 2.11. The molecule has 0 aromatic carbocycles. The first kappa shape index (κ1) is 13.1. The van der Waals surface area contributed by atoms with Crippen LogP contribution in [-0.2, 0) is 9.84 Å². The van der Waals surface area contributed by atoms with Crippen LogP contribution in [0.15, 0.2) is 0 Å². The zero-order valence-corrected chi connectivity index (χ0v) is 8.55. The molecule has 1 rings (SSSR count). The van der Waals surface area contributed by atoms with Gasteiger partial charge in [-0.2, -0.15) is 0 Å². The number of rotatable bonds is 3. The van der Waals surface area contributed by atoms with Crippen molar-refractivity contribution in [1.29, 1.82) is 0 Å². The van der Waals surface area contributed by atoms with Crippen molar-refractivity contribution < 1.29 is 31.0 Å². The maximum atomic E-state index is 11.0. The summed E-state index contributed by atoms with van der Waals surface area (Å²) in [5, 5.41) is 20.4. The van der Waals surface area contributed by atoms with Crippen LogP contribution in [0.25, 0.3) is 0 Å². The molecule has 1 fully saturated rings. The van der Waals surface area contributed by atoms with E-state index in [9.17, 15) is 13.5 Å². The number of sulfone groups is 1. The summed E-state index contributed by atoms with van der Waals surface area (Å²) in [6.07, 6.45) is -0.832. The molecule has 0 aromatic rings. The van der Waals surface area contributed by atoms with Crippen LogP contribution in [0.2, 0.25) is 0 Å². The summed E-state index contributed by atoms with van der Waals surface area (Å²) in [5.41, 5.74) is 0. The maximum absolute atomic E-state index is 11.0. The van der Waals surface area contributed by atoms with Crippen LogP contribution in [0.4, 0.5) is 0 Å². The van der Waals surface area contributed by atoms with Gasteiger partial charge in [0.25, 0.3) is 0 Å². The highest BCUT2D eigenvalue weighted by atomic mass is 35.5. The summed E-state index contributed by atoms with van der Waals surface area (Å²) < 4.78 is 21.9. The summed E-state index contributed by atoms with van der Waals surface area (Å²) in [4.78, 5) is 0. The summed E-state index contributed by atoms with van der Waals surface area (Å²) in [5.74, 6) is -0.204. The molecule has 0 saturated carbocycles. The van der Waals surface area contributed by atoms with E-state index in [0.717, 1.165) is 0 Å². The Morgan fingerprint density at radius 3 is 2.38 bits per heavy atom. The van der Waals surface area contributed by atoms with Gasteiger partial charge in [0.15, 0.2) is 9.84 Å². The summed E-state index contributed by atoms with van der Waals surface area (Å²) in [6.45, 7) is 0.264. The standard InChI is InChI=1S/C6H13NO4S.ClH/c8-2-1-7-5-3-12(10,11)4-6(5)9;/h5-9H,1-4H2;1H/p-1. The largest absolute Gasteiger partial charge is 1.00 e. The second-order valence-corrected chi connectivity index (χ2v) is 5.08. The van der Waals surface area contributed by atoms with Crippen molar-refractivity contribution in [3.8, 4) is 0 Å². The van der Waals surface area contributed by atoms with Crippen molar-refractivity contribution in [3.63, 3.8) is 0 Å². The van der Waals surface area contributed by atoms with E-state index >= 15 is 0 Å². The molecule has 0 spiro atoms. The highest BCUT2D eigenvalue weighted by Gasteiger charge is 2.35. The summed E-state index contributed by atoms with van der Waals surface area (Å²) in [6, 6.07) is -0.415. The fourth-order valence-corrected chi connectivity index (χ4v) is 3.05. The van der Waals surface area contributed by atoms with Gasteiger partial charge >= 0.3 is 0 Å². The molecule has 80 valence electrons. The molecule has 2 unspecified atom stereocenters. The van der Waals surface area contributed by atoms with E-state index < -0.39 is 22.0 Å². The Balaban J connectivity index is 0.00000144. The second kappa shape index (κ2) is 5.11. The van der Waals surface area contributed by atoms with Crippen molar-refractivity contribution in [2.24, 2.45) is 0 Å². The van der Waals surface area contributed by atoms with Crippen LogP contribution >= 0.6 is 0 Å². The minimum atomic E-state index is -3.07. The van der Waals surface area contributed by atoms with Crippen molar-refractivity contribution in [1.82, 2.24) is 5.32 Å². The number of aliphatic hydroxyl groups is 2. The average molecular weight is 231 g/mol. The quantitative estimate of drug-likeness (QED) is 0.451. The Morgan fingerprint density at radius 2 is 2.00 bits per heavy atom. The molecule has 3 N–H and O–H groups in total. The Kier molecular flexibility index (Phi) is 5.16. The number of hydrogen-bond donors (Lipinski definition) is 3. The van der Waals surface area contributed by atoms with Crippen LogP contribution in [0, 0.1) is 0 Å². The van der Waals surface area contributed by atoms with E-state index in [4.69, 9.17) is 5.11 Å². The molecule has 0 bridgehead atoms. The van der Waals surface area contributed by atoms with E-state index in [1.54, 1.807) is 0 Å². The molecule has 0 aromatic heterocycles. The van der Waals surface area contributed by atoms with Gasteiger partial charge in [-0.3, -0.25) is 0 Å². The number of aliphatic hydroxyl groups excluding tert-OH is 2. The van der Waals surface area contributed by atoms with Gasteiger partial charge in [0.2, 0.25) is 0 Å². The Bertz CT molecular complexity index is 243. The minimum absolute atomic E-state index is 0. The molecule has 0 amide bonds. The fourth-order valence-electron chi connectivity index (χ4n) is 1.27. The maximum Gasteiger partial charge on any atom is 0.154 e. The van der Waals surface area contributed by atoms with E-state index in [2.05, 4.69) is 5.32 Å². The number of hydrogen-bond acceptors (Lipinski definition) is 5. The van der Waals surface area contributed by atoms with Crippen LogP contribution in [-0.4, -0.2) is 55.4 Å². The van der Waals surface area contributed by atoms with Gasteiger partial charge in [-0.15, -0.1) is 0 Å². The second-order valence-electron chi connectivity index (χ2n) is 2.93. The molecule has 1 aliphatic heterocycles. The third-order valence-corrected chi connectivity index (χ3v) is 3.56. The molecule has 2 atom stereocenters. The lowest BCUT2D eigenvalue weighted by molar-refractivity contribution is -0.00000809. The fraction of sp³-hybridized carbons (Fsp3) is 1.00. The third kappa shape index (κ3) is 3.78. The van der Waals surface area contributed by atoms with E-state index in [1.165, 1.54) is 0 Å². The molecule has 1 aliphatic rings. The van der Waals surface area contributed by atoms with Gasteiger partial charge < -0.3 is 27.9 Å². The van der Waals surface area contributed by atoms with Gasteiger partial charge in [-0.25, -0.2) is 8.42 Å². The topological polar surface area (TPSA) is 86.6 Å². The number of halogens is 1. The zero-order chi connectivity index (χ0) is 9.19. The first-order valence-electron chi connectivity index (χ1n) is 3.78. The first-order valence-corrected chi connectivity index (χ1v) is 5.60. The molecule has 13 heavy (non-hydrogen) atoms. The minimum Gasteiger partial charge on any atom is -1.00 e.